The third-order valence-electron chi connectivity index (χ3n) is 2.65. The first-order valence-corrected chi connectivity index (χ1v) is 7.04. The van der Waals surface area contributed by atoms with Crippen molar-refractivity contribution in [2.75, 3.05) is 19.4 Å². The lowest BCUT2D eigenvalue weighted by molar-refractivity contribution is 0.0276. The highest BCUT2D eigenvalue weighted by molar-refractivity contribution is 7.89. The van der Waals surface area contributed by atoms with Crippen LogP contribution in [0.1, 0.15) is 19.4 Å². The molecule has 0 aromatic heterocycles. The Balaban J connectivity index is 3.06. The zero-order valence-corrected chi connectivity index (χ0v) is 11.9. The van der Waals surface area contributed by atoms with Crippen LogP contribution in [-0.4, -0.2) is 27.7 Å². The fourth-order valence-corrected chi connectivity index (χ4v) is 2.62. The number of nitriles is 1. The van der Waals surface area contributed by atoms with Gasteiger partial charge in [0.25, 0.3) is 0 Å². The predicted molar refractivity (Wildman–Crippen MR) is 71.8 cm³/mol. The van der Waals surface area contributed by atoms with E-state index in [1.165, 1.54) is 25.3 Å². The SMILES string of the molecule is COC(C)(C)CNS(=O)(=O)c1ccc(N)cc1C#N. The van der Waals surface area contributed by atoms with Gasteiger partial charge in [0.1, 0.15) is 6.07 Å². The molecule has 0 aliphatic rings. The maximum absolute atomic E-state index is 12.1. The maximum Gasteiger partial charge on any atom is 0.241 e. The Morgan fingerprint density at radius 2 is 2.11 bits per heavy atom. The lowest BCUT2D eigenvalue weighted by atomic mass is 10.1. The normalized spacial score (nSPS) is 12.1. The van der Waals surface area contributed by atoms with E-state index in [4.69, 9.17) is 15.7 Å². The molecule has 0 radical (unpaired) electrons. The third-order valence-corrected chi connectivity index (χ3v) is 4.11. The van der Waals surface area contributed by atoms with Gasteiger partial charge in [0.05, 0.1) is 16.1 Å². The van der Waals surface area contributed by atoms with E-state index in [0.717, 1.165) is 0 Å². The van der Waals surface area contributed by atoms with E-state index in [1.54, 1.807) is 13.8 Å². The van der Waals surface area contributed by atoms with Crippen molar-refractivity contribution in [3.63, 3.8) is 0 Å². The van der Waals surface area contributed by atoms with Crippen molar-refractivity contribution in [2.45, 2.75) is 24.3 Å². The summed E-state index contributed by atoms with van der Waals surface area (Å²) < 4.78 is 31.8. The van der Waals surface area contributed by atoms with E-state index in [-0.39, 0.29) is 17.0 Å². The number of ether oxygens (including phenoxy) is 1. The Hall–Kier alpha value is -1.62. The summed E-state index contributed by atoms with van der Waals surface area (Å²) in [6, 6.07) is 5.91. The van der Waals surface area contributed by atoms with Crippen LogP contribution in [0.2, 0.25) is 0 Å². The standard InChI is InChI=1S/C12H17N3O3S/c1-12(2,18-3)8-15-19(16,17)11-5-4-10(14)6-9(11)7-13/h4-6,15H,8,14H2,1-3H3. The topological polar surface area (TPSA) is 105 Å². The van der Waals surface area contributed by atoms with Gasteiger partial charge in [0.15, 0.2) is 0 Å². The summed E-state index contributed by atoms with van der Waals surface area (Å²) in [5.74, 6) is 0. The average molecular weight is 283 g/mol. The van der Waals surface area contributed by atoms with Gasteiger partial charge in [-0.1, -0.05) is 0 Å². The zero-order chi connectivity index (χ0) is 14.7. The second-order valence-electron chi connectivity index (χ2n) is 4.66. The first kappa shape index (κ1) is 15.4. The molecule has 7 heteroatoms. The number of nitrogen functional groups attached to an aromatic ring is 1. The molecule has 3 N–H and O–H groups in total. The van der Waals surface area contributed by atoms with Crippen molar-refractivity contribution >= 4 is 15.7 Å². The smallest absolute Gasteiger partial charge is 0.241 e. The predicted octanol–water partition coefficient (Wildman–Crippen LogP) is 0.844. The molecule has 1 aromatic carbocycles. The van der Waals surface area contributed by atoms with Crippen LogP contribution in [0, 0.1) is 11.3 Å². The molecule has 0 fully saturated rings. The van der Waals surface area contributed by atoms with Gasteiger partial charge in [-0.3, -0.25) is 0 Å². The summed E-state index contributed by atoms with van der Waals surface area (Å²) in [5.41, 5.74) is 5.25. The molecule has 0 saturated carbocycles. The Kier molecular flexibility index (Phi) is 4.52. The summed E-state index contributed by atoms with van der Waals surface area (Å²) in [5, 5.41) is 8.96. The molecule has 0 unspecified atom stereocenters. The van der Waals surface area contributed by atoms with Crippen LogP contribution in [0.3, 0.4) is 0 Å². The number of methoxy groups -OCH3 is 1. The first-order valence-electron chi connectivity index (χ1n) is 5.56. The molecule has 0 amide bonds. The number of hydrogen-bond donors (Lipinski definition) is 2. The quantitative estimate of drug-likeness (QED) is 0.779. The fourth-order valence-electron chi connectivity index (χ4n) is 1.29. The van der Waals surface area contributed by atoms with Crippen molar-refractivity contribution in [3.05, 3.63) is 23.8 Å². The number of nitrogens with two attached hydrogens (primary N) is 1. The Labute approximate surface area is 113 Å². The minimum atomic E-state index is -3.77. The molecule has 104 valence electrons. The van der Waals surface area contributed by atoms with Crippen molar-refractivity contribution in [1.29, 1.82) is 5.26 Å². The molecule has 1 rings (SSSR count). The summed E-state index contributed by atoms with van der Waals surface area (Å²) >= 11 is 0. The van der Waals surface area contributed by atoms with Crippen molar-refractivity contribution in [1.82, 2.24) is 4.72 Å². The maximum atomic E-state index is 12.1. The van der Waals surface area contributed by atoms with E-state index in [0.29, 0.717) is 5.69 Å². The summed E-state index contributed by atoms with van der Waals surface area (Å²) in [6.07, 6.45) is 0. The summed E-state index contributed by atoms with van der Waals surface area (Å²) in [4.78, 5) is -0.0869. The zero-order valence-electron chi connectivity index (χ0n) is 11.1. The average Bonchev–Trinajstić information content (AvgIpc) is 2.36. The van der Waals surface area contributed by atoms with Gasteiger partial charge in [-0.15, -0.1) is 0 Å². The number of nitrogens with zero attached hydrogens (tertiary/aromatic N) is 1. The molecule has 6 nitrogen and oxygen atoms in total. The van der Waals surface area contributed by atoms with E-state index in [2.05, 4.69) is 4.72 Å². The number of rotatable bonds is 5. The number of hydrogen-bond acceptors (Lipinski definition) is 5. The van der Waals surface area contributed by atoms with Gasteiger partial charge in [0, 0.05) is 19.3 Å². The highest BCUT2D eigenvalue weighted by Gasteiger charge is 2.23. The molecular formula is C12H17N3O3S. The van der Waals surface area contributed by atoms with Crippen LogP contribution in [0.15, 0.2) is 23.1 Å². The molecule has 0 bridgehead atoms. The Bertz CT molecular complexity index is 603. The molecule has 0 heterocycles. The Morgan fingerprint density at radius 3 is 2.63 bits per heavy atom. The first-order chi connectivity index (χ1) is 8.72. The third kappa shape index (κ3) is 3.92. The van der Waals surface area contributed by atoms with Crippen LogP contribution >= 0.6 is 0 Å². The molecule has 0 atom stereocenters. The van der Waals surface area contributed by atoms with Crippen molar-refractivity contribution < 1.29 is 13.2 Å². The van der Waals surface area contributed by atoms with Crippen LogP contribution in [0.5, 0.6) is 0 Å². The lowest BCUT2D eigenvalue weighted by Crippen LogP contribution is -2.39. The van der Waals surface area contributed by atoms with Gasteiger partial charge >= 0.3 is 0 Å². The molecule has 0 saturated heterocycles. The number of nitrogens with one attached hydrogen (secondary N) is 1. The fraction of sp³-hybridized carbons (Fsp3) is 0.417. The molecular weight excluding hydrogens is 266 g/mol. The van der Waals surface area contributed by atoms with Crippen molar-refractivity contribution in [2.24, 2.45) is 0 Å². The minimum Gasteiger partial charge on any atom is -0.399 e. The van der Waals surface area contributed by atoms with Gasteiger partial charge < -0.3 is 10.5 Å². The molecule has 19 heavy (non-hydrogen) atoms. The van der Waals surface area contributed by atoms with Crippen LogP contribution in [-0.2, 0) is 14.8 Å². The lowest BCUT2D eigenvalue weighted by Gasteiger charge is -2.23. The van der Waals surface area contributed by atoms with E-state index in [1.807, 2.05) is 6.07 Å². The molecule has 1 aromatic rings. The second kappa shape index (κ2) is 5.57. The molecule has 0 spiro atoms. The molecule has 0 aliphatic carbocycles. The van der Waals surface area contributed by atoms with E-state index in [9.17, 15) is 8.42 Å². The van der Waals surface area contributed by atoms with E-state index < -0.39 is 15.6 Å². The van der Waals surface area contributed by atoms with E-state index >= 15 is 0 Å². The monoisotopic (exact) mass is 283 g/mol. The van der Waals surface area contributed by atoms with Gasteiger partial charge in [-0.05, 0) is 32.0 Å². The van der Waals surface area contributed by atoms with Crippen LogP contribution in [0.25, 0.3) is 0 Å². The largest absolute Gasteiger partial charge is 0.399 e. The Morgan fingerprint density at radius 1 is 1.47 bits per heavy atom. The summed E-state index contributed by atoms with van der Waals surface area (Å²) in [7, 11) is -2.27. The minimum absolute atomic E-state index is 0.0164. The van der Waals surface area contributed by atoms with Gasteiger partial charge in [-0.25, -0.2) is 13.1 Å². The van der Waals surface area contributed by atoms with Crippen LogP contribution < -0.4 is 10.5 Å². The van der Waals surface area contributed by atoms with Gasteiger partial charge in [-0.2, -0.15) is 5.26 Å². The van der Waals surface area contributed by atoms with Crippen molar-refractivity contribution in [3.8, 4) is 6.07 Å². The highest BCUT2D eigenvalue weighted by Crippen LogP contribution is 2.18. The molecule has 0 aliphatic heterocycles. The van der Waals surface area contributed by atoms with Crippen LogP contribution in [0.4, 0.5) is 5.69 Å². The summed E-state index contributed by atoms with van der Waals surface area (Å²) in [6.45, 7) is 3.61. The number of sulfonamides is 1. The van der Waals surface area contributed by atoms with Gasteiger partial charge in [0.2, 0.25) is 10.0 Å². The highest BCUT2D eigenvalue weighted by atomic mass is 32.2. The number of anilines is 1. The number of benzene rings is 1. The second-order valence-corrected chi connectivity index (χ2v) is 6.39.